The zero-order chi connectivity index (χ0) is 33.4. The molecule has 45 heavy (non-hydrogen) atoms. The third-order valence-corrected chi connectivity index (χ3v) is 9.05. The lowest BCUT2D eigenvalue weighted by Crippen LogP contribution is -2.63. The van der Waals surface area contributed by atoms with Gasteiger partial charge in [0.1, 0.15) is 24.4 Å². The van der Waals surface area contributed by atoms with E-state index >= 15 is 0 Å². The van der Waals surface area contributed by atoms with Crippen molar-refractivity contribution < 1.29 is 19.2 Å². The van der Waals surface area contributed by atoms with Gasteiger partial charge in [0.05, 0.1) is 17.0 Å². The molecule has 3 aliphatic rings. The number of ether oxygens (including phenoxy) is 1. The number of nitrogens with zero attached hydrogens (tertiary/aromatic N) is 7. The fourth-order valence-corrected chi connectivity index (χ4v) is 6.50. The Balaban J connectivity index is 0.00000177. The molecule has 0 N–H and O–H groups in total. The minimum Gasteiger partial charge on any atom is -0.444 e. The predicted molar refractivity (Wildman–Crippen MR) is 187 cm³/mol. The van der Waals surface area contributed by atoms with Gasteiger partial charge in [-0.15, -0.1) is 0 Å². The first-order valence-electron chi connectivity index (χ1n) is 16.6. The lowest BCUT2D eigenvalue weighted by molar-refractivity contribution is -0.00395. The lowest BCUT2D eigenvalue weighted by atomic mass is 9.86. The Labute approximate surface area is 284 Å². The molecule has 3 fully saturated rings. The van der Waals surface area contributed by atoms with Crippen LogP contribution in [-0.4, -0.2) is 121 Å². The maximum absolute atomic E-state index is 13.3. The summed E-state index contributed by atoms with van der Waals surface area (Å²) in [6.07, 6.45) is 4.82. The van der Waals surface area contributed by atoms with Gasteiger partial charge in [-0.1, -0.05) is 34.7 Å². The average Bonchev–Trinajstić information content (AvgIpc) is 2.98. The van der Waals surface area contributed by atoms with Crippen molar-refractivity contribution in [3.8, 4) is 0 Å². The molecule has 0 bridgehead atoms. The third kappa shape index (κ3) is 9.89. The van der Waals surface area contributed by atoms with E-state index in [0.717, 1.165) is 75.6 Å². The van der Waals surface area contributed by atoms with Crippen molar-refractivity contribution in [2.24, 2.45) is 11.1 Å². The number of piperazine rings is 1. The highest BCUT2D eigenvalue weighted by molar-refractivity contribution is 14.1. The van der Waals surface area contributed by atoms with E-state index in [1.54, 1.807) is 0 Å². The first-order valence-corrected chi connectivity index (χ1v) is 18.1. The molecule has 3 saturated heterocycles. The van der Waals surface area contributed by atoms with Crippen LogP contribution in [0.1, 0.15) is 95.9 Å². The number of carbonyl (C=O) groups excluding carboxylic acids is 2. The molecule has 254 valence electrons. The highest BCUT2D eigenvalue weighted by atomic mass is 127. The van der Waals surface area contributed by atoms with Crippen LogP contribution >= 0.6 is 22.6 Å². The molecule has 0 aromatic carbocycles. The Morgan fingerprint density at radius 1 is 1.00 bits per heavy atom. The number of oxime groups is 1. The number of aromatic nitrogens is 2. The number of carbonyl (C=O) groups is 2. The zero-order valence-corrected chi connectivity index (χ0v) is 31.2. The number of hydrogen-bond donors (Lipinski definition) is 0. The minimum atomic E-state index is -0.498. The molecule has 12 heteroatoms. The van der Waals surface area contributed by atoms with Crippen LogP contribution in [0.2, 0.25) is 0 Å². The highest BCUT2D eigenvalue weighted by Crippen LogP contribution is 2.33. The van der Waals surface area contributed by atoms with Crippen LogP contribution in [0, 0.1) is 19.8 Å². The van der Waals surface area contributed by atoms with Crippen molar-refractivity contribution in [1.29, 1.82) is 0 Å². The summed E-state index contributed by atoms with van der Waals surface area (Å²) in [5.41, 5.74) is 1.66. The number of amidine groups is 1. The molecular formula is C33H56IN7O4. The van der Waals surface area contributed by atoms with E-state index in [1.807, 2.05) is 51.3 Å². The summed E-state index contributed by atoms with van der Waals surface area (Å²) in [6, 6.07) is 0.269. The van der Waals surface area contributed by atoms with Crippen molar-refractivity contribution in [1.82, 2.24) is 29.6 Å². The summed E-state index contributed by atoms with van der Waals surface area (Å²) >= 11 is 2.29. The summed E-state index contributed by atoms with van der Waals surface area (Å²) in [6.45, 7) is 24.2. The monoisotopic (exact) mass is 741 g/mol. The average molecular weight is 742 g/mol. The number of alkyl halides is 1. The molecule has 0 spiro atoms. The maximum Gasteiger partial charge on any atom is 0.410 e. The fraction of sp³-hybridized carbons (Fsp3) is 0.788. The molecule has 2 amide bonds. The summed E-state index contributed by atoms with van der Waals surface area (Å²) in [5.74, 6) is 1.29. The number of aryl methyl sites for hydroxylation is 2. The van der Waals surface area contributed by atoms with Crippen molar-refractivity contribution in [3.05, 3.63) is 23.3 Å². The standard InChI is InChI=1S/C31H51N7O4.C2H5I/c1-9-41-34-27(25-10-14-36(15-11-25)29(40)42-30(5,6)7)38-19-18-37(20-22(38)2)31(8)12-16-35(17-13-31)28(39)26-23(3)32-21-33-24(26)4;1-2-3/h21-22,25H,9-20H2,1-8H3;2H2,1H3/t22-;/m0./s1. The van der Waals surface area contributed by atoms with E-state index in [1.165, 1.54) is 10.8 Å². The van der Waals surface area contributed by atoms with Crippen molar-refractivity contribution in [2.45, 2.75) is 105 Å². The first-order chi connectivity index (χ1) is 21.2. The molecule has 4 rings (SSSR count). The number of piperidine rings is 2. The van der Waals surface area contributed by atoms with Crippen molar-refractivity contribution in [2.75, 3.05) is 56.8 Å². The Hall–Kier alpha value is -2.22. The Kier molecular flexibility index (Phi) is 13.7. The maximum atomic E-state index is 13.3. The minimum absolute atomic E-state index is 0.0321. The second kappa shape index (κ2) is 16.6. The summed E-state index contributed by atoms with van der Waals surface area (Å²) < 4.78 is 6.81. The SMILES string of the molecule is CCI.CCON=C(C1CCN(C(=O)OC(C)(C)C)CC1)N1CCN(C2(C)CCN(C(=O)c3c(C)ncnc3C)CC2)C[C@@H]1C. The summed E-state index contributed by atoms with van der Waals surface area (Å²) in [5, 5.41) is 4.63. The van der Waals surface area contributed by atoms with Crippen molar-refractivity contribution >= 4 is 40.4 Å². The van der Waals surface area contributed by atoms with E-state index in [0.29, 0.717) is 25.3 Å². The molecular weight excluding hydrogens is 685 g/mol. The third-order valence-electron chi connectivity index (χ3n) is 9.05. The molecule has 0 aliphatic carbocycles. The smallest absolute Gasteiger partial charge is 0.410 e. The van der Waals surface area contributed by atoms with Crippen LogP contribution in [-0.2, 0) is 9.57 Å². The quantitative estimate of drug-likeness (QED) is 0.128. The van der Waals surface area contributed by atoms with Gasteiger partial charge in [-0.25, -0.2) is 14.8 Å². The predicted octanol–water partition coefficient (Wildman–Crippen LogP) is 5.53. The molecule has 1 aromatic heterocycles. The molecule has 1 atom stereocenters. The Bertz CT molecular complexity index is 1140. The molecule has 4 heterocycles. The first kappa shape index (κ1) is 37.2. The van der Waals surface area contributed by atoms with Crippen LogP contribution in [0.25, 0.3) is 0 Å². The van der Waals surface area contributed by atoms with Gasteiger partial charge >= 0.3 is 6.09 Å². The second-order valence-electron chi connectivity index (χ2n) is 13.6. The number of halogens is 1. The Morgan fingerprint density at radius 2 is 1.58 bits per heavy atom. The highest BCUT2D eigenvalue weighted by Gasteiger charge is 2.42. The number of amides is 2. The van der Waals surface area contributed by atoms with Crippen LogP contribution in [0.5, 0.6) is 0 Å². The molecule has 11 nitrogen and oxygen atoms in total. The van der Waals surface area contributed by atoms with Gasteiger partial charge in [-0.3, -0.25) is 9.69 Å². The lowest BCUT2D eigenvalue weighted by Gasteiger charge is -2.52. The molecule has 0 radical (unpaired) electrons. The van der Waals surface area contributed by atoms with Gasteiger partial charge in [0.25, 0.3) is 5.91 Å². The fourth-order valence-electron chi connectivity index (χ4n) is 6.50. The van der Waals surface area contributed by atoms with Gasteiger partial charge < -0.3 is 24.3 Å². The number of hydrogen-bond acceptors (Lipinski definition) is 8. The van der Waals surface area contributed by atoms with Crippen LogP contribution < -0.4 is 0 Å². The molecule has 1 aromatic rings. The second-order valence-corrected chi connectivity index (χ2v) is 15.1. The van der Waals surface area contributed by atoms with Crippen molar-refractivity contribution in [3.63, 3.8) is 0 Å². The van der Waals surface area contributed by atoms with Gasteiger partial charge in [-0.2, -0.15) is 0 Å². The normalized spacial score (nSPS) is 21.6. The number of likely N-dealkylation sites (tertiary alicyclic amines) is 2. The van der Waals surface area contributed by atoms with E-state index in [2.05, 4.69) is 68.3 Å². The van der Waals surface area contributed by atoms with Gasteiger partial charge in [-0.05, 0) is 85.5 Å². The van der Waals surface area contributed by atoms with Gasteiger partial charge in [0.15, 0.2) is 0 Å². The molecule has 0 unspecified atom stereocenters. The summed E-state index contributed by atoms with van der Waals surface area (Å²) in [4.78, 5) is 48.9. The van der Waals surface area contributed by atoms with Gasteiger partial charge in [0.2, 0.25) is 0 Å². The van der Waals surface area contributed by atoms with Crippen LogP contribution in [0.3, 0.4) is 0 Å². The van der Waals surface area contributed by atoms with E-state index in [-0.39, 0.29) is 29.5 Å². The zero-order valence-electron chi connectivity index (χ0n) is 29.1. The van der Waals surface area contributed by atoms with E-state index in [4.69, 9.17) is 9.57 Å². The van der Waals surface area contributed by atoms with Crippen LogP contribution in [0.15, 0.2) is 11.5 Å². The number of rotatable bonds is 5. The van der Waals surface area contributed by atoms with E-state index in [9.17, 15) is 9.59 Å². The largest absolute Gasteiger partial charge is 0.444 e. The topological polar surface area (TPSA) is 104 Å². The van der Waals surface area contributed by atoms with Gasteiger partial charge in [0, 0.05) is 63.3 Å². The van der Waals surface area contributed by atoms with E-state index < -0.39 is 5.60 Å². The summed E-state index contributed by atoms with van der Waals surface area (Å²) in [7, 11) is 0. The van der Waals surface area contributed by atoms with Crippen LogP contribution in [0.4, 0.5) is 4.79 Å². The molecule has 3 aliphatic heterocycles. The molecule has 0 saturated carbocycles. The Morgan fingerprint density at radius 3 is 2.09 bits per heavy atom.